The zero-order valence-electron chi connectivity index (χ0n) is 25.1. The van der Waals surface area contributed by atoms with Gasteiger partial charge in [-0.1, -0.05) is 121 Å². The van der Waals surface area contributed by atoms with E-state index < -0.39 is 0 Å². The highest BCUT2D eigenvalue weighted by molar-refractivity contribution is 7.27. The summed E-state index contributed by atoms with van der Waals surface area (Å²) in [5.74, 6) is 1.70. The summed E-state index contributed by atoms with van der Waals surface area (Å²) >= 11 is 1.87. The van der Waals surface area contributed by atoms with Crippen molar-refractivity contribution in [3.05, 3.63) is 156 Å². The fraction of sp³-hybridized carbons (Fsp3) is 0.0476. The first-order valence-corrected chi connectivity index (χ1v) is 16.5. The molecule has 216 valence electrons. The Morgan fingerprint density at radius 2 is 1.24 bits per heavy atom. The van der Waals surface area contributed by atoms with Crippen LogP contribution in [0.4, 0.5) is 0 Å². The van der Waals surface area contributed by atoms with Crippen LogP contribution in [-0.2, 0) is 0 Å². The molecule has 4 heteroatoms. The summed E-state index contributed by atoms with van der Waals surface area (Å²) in [6.45, 7) is 0. The molecule has 10 rings (SSSR count). The van der Waals surface area contributed by atoms with Gasteiger partial charge in [0.15, 0.2) is 5.84 Å². The predicted octanol–water partition coefficient (Wildman–Crippen LogP) is 10.8. The number of rotatable bonds is 3. The highest BCUT2D eigenvalue weighted by Gasteiger charge is 2.29. The summed E-state index contributed by atoms with van der Waals surface area (Å²) in [7, 11) is 2.10. The van der Waals surface area contributed by atoms with Crippen LogP contribution in [0.5, 0.6) is 0 Å². The van der Waals surface area contributed by atoms with Crippen LogP contribution in [0.15, 0.2) is 150 Å². The molecular formula is C42H27N3S. The van der Waals surface area contributed by atoms with Gasteiger partial charge in [-0.25, -0.2) is 9.98 Å². The molecule has 0 N–H and O–H groups in total. The fourth-order valence-corrected chi connectivity index (χ4v) is 8.79. The minimum Gasteiger partial charge on any atom is -0.333 e. The molecule has 3 nitrogen and oxygen atoms in total. The van der Waals surface area contributed by atoms with Crippen molar-refractivity contribution in [3.8, 4) is 22.3 Å². The van der Waals surface area contributed by atoms with Gasteiger partial charge in [-0.2, -0.15) is 0 Å². The molecule has 0 fully saturated rings. The lowest BCUT2D eigenvalue weighted by Crippen LogP contribution is -2.35. The van der Waals surface area contributed by atoms with Gasteiger partial charge < -0.3 is 4.90 Å². The van der Waals surface area contributed by atoms with Crippen LogP contribution in [0.2, 0.25) is 0 Å². The lowest BCUT2D eigenvalue weighted by molar-refractivity contribution is 0.383. The lowest BCUT2D eigenvalue weighted by Gasteiger charge is -2.32. The first-order valence-electron chi connectivity index (χ1n) is 15.7. The lowest BCUT2D eigenvalue weighted by atomic mass is 9.99. The molecular weight excluding hydrogens is 579 g/mol. The Kier molecular flexibility index (Phi) is 5.43. The van der Waals surface area contributed by atoms with Crippen LogP contribution >= 0.6 is 11.3 Å². The first-order chi connectivity index (χ1) is 22.7. The molecule has 1 aromatic heterocycles. The van der Waals surface area contributed by atoms with Gasteiger partial charge in [-0.05, 0) is 62.2 Å². The molecule has 1 aliphatic carbocycles. The molecule has 0 saturated carbocycles. The Bertz CT molecular complexity index is 2610. The number of hydrogen-bond acceptors (Lipinski definition) is 4. The third-order valence-corrected chi connectivity index (χ3v) is 10.9. The zero-order chi connectivity index (χ0) is 30.4. The molecule has 1 atom stereocenters. The smallest absolute Gasteiger partial charge is 0.160 e. The monoisotopic (exact) mass is 605 g/mol. The molecule has 8 aromatic rings. The van der Waals surface area contributed by atoms with E-state index in [9.17, 15) is 0 Å². The van der Waals surface area contributed by atoms with E-state index in [1.54, 1.807) is 0 Å². The van der Waals surface area contributed by atoms with E-state index in [0.29, 0.717) is 0 Å². The van der Waals surface area contributed by atoms with Crippen LogP contribution < -0.4 is 0 Å². The second-order valence-corrected chi connectivity index (χ2v) is 13.2. The zero-order valence-corrected chi connectivity index (χ0v) is 25.9. The average molecular weight is 606 g/mol. The Morgan fingerprint density at radius 3 is 2.09 bits per heavy atom. The van der Waals surface area contributed by atoms with Gasteiger partial charge in [0.2, 0.25) is 0 Å². The maximum atomic E-state index is 5.36. The van der Waals surface area contributed by atoms with Gasteiger partial charge >= 0.3 is 0 Å². The molecule has 1 aliphatic heterocycles. The molecule has 1 unspecified atom stereocenters. The van der Waals surface area contributed by atoms with E-state index in [4.69, 9.17) is 9.98 Å². The summed E-state index contributed by atoms with van der Waals surface area (Å²) in [5, 5.41) is 7.66. The summed E-state index contributed by atoms with van der Waals surface area (Å²) in [4.78, 5) is 12.9. The molecule has 2 aliphatic rings. The van der Waals surface area contributed by atoms with Crippen molar-refractivity contribution < 1.29 is 0 Å². The van der Waals surface area contributed by atoms with Gasteiger partial charge in [0.05, 0.1) is 0 Å². The third-order valence-electron chi connectivity index (χ3n) is 9.63. The van der Waals surface area contributed by atoms with E-state index in [0.717, 1.165) is 28.4 Å². The van der Waals surface area contributed by atoms with E-state index in [2.05, 4.69) is 151 Å². The van der Waals surface area contributed by atoms with Gasteiger partial charge in [0.25, 0.3) is 0 Å². The summed E-state index contributed by atoms with van der Waals surface area (Å²) in [6.07, 6.45) is -0.197. The Labute approximate surface area is 270 Å². The molecule has 7 aromatic carbocycles. The van der Waals surface area contributed by atoms with E-state index >= 15 is 0 Å². The van der Waals surface area contributed by atoms with Crippen molar-refractivity contribution >= 4 is 64.7 Å². The van der Waals surface area contributed by atoms with Crippen molar-refractivity contribution in [1.82, 2.24) is 4.90 Å². The van der Waals surface area contributed by atoms with Crippen molar-refractivity contribution in [2.45, 2.75) is 6.17 Å². The standard InChI is InChI=1S/C42H27N3S/c1-45-41(26-12-3-2-4-13-26)43-40(44-42(45)28-22-21-25-11-5-6-14-27(25)23-28)34-20-10-18-32-36-24-35-30-16-8-7-15-29(30)31-17-9-19-33(37(31)35)39(36)46-38(32)34/h2-24,41H,1H3. The Morgan fingerprint density at radius 1 is 0.543 bits per heavy atom. The minimum absolute atomic E-state index is 0.197. The van der Waals surface area contributed by atoms with Gasteiger partial charge in [0, 0.05) is 43.7 Å². The minimum atomic E-state index is -0.197. The SMILES string of the molecule is CN1C(c2ccc3ccccc3c2)=NC(c2cccc3c2sc2c4cccc5c4c(cc32)-c2ccccc2-5)=NC1c1ccccc1. The molecule has 0 bridgehead atoms. The van der Waals surface area contributed by atoms with Gasteiger partial charge in [0.1, 0.15) is 12.0 Å². The second-order valence-electron chi connectivity index (χ2n) is 12.2. The molecule has 0 spiro atoms. The number of hydrogen-bond donors (Lipinski definition) is 0. The summed E-state index contributed by atoms with van der Waals surface area (Å²) in [6, 6.07) is 50.3. The maximum absolute atomic E-state index is 5.36. The molecule has 46 heavy (non-hydrogen) atoms. The first kappa shape index (κ1) is 25.7. The summed E-state index contributed by atoms with van der Waals surface area (Å²) < 4.78 is 2.55. The number of aliphatic imine (C=N–C) groups is 2. The summed E-state index contributed by atoms with van der Waals surface area (Å²) in [5.41, 5.74) is 8.61. The van der Waals surface area contributed by atoms with Gasteiger partial charge in [-0.3, -0.25) is 0 Å². The van der Waals surface area contributed by atoms with Crippen LogP contribution in [0.1, 0.15) is 22.9 Å². The van der Waals surface area contributed by atoms with Crippen molar-refractivity contribution in [1.29, 1.82) is 0 Å². The van der Waals surface area contributed by atoms with Crippen LogP contribution in [0.3, 0.4) is 0 Å². The quantitative estimate of drug-likeness (QED) is 0.197. The molecule has 0 amide bonds. The normalized spacial score (nSPS) is 15.5. The number of amidine groups is 2. The molecule has 0 saturated heterocycles. The molecule has 2 heterocycles. The largest absolute Gasteiger partial charge is 0.333 e. The molecule has 0 radical (unpaired) electrons. The Hall–Kier alpha value is -5.58. The van der Waals surface area contributed by atoms with Crippen molar-refractivity contribution in [3.63, 3.8) is 0 Å². The highest BCUT2D eigenvalue weighted by atomic mass is 32.1. The van der Waals surface area contributed by atoms with Crippen LogP contribution in [-0.4, -0.2) is 23.6 Å². The predicted molar refractivity (Wildman–Crippen MR) is 195 cm³/mol. The fourth-order valence-electron chi connectivity index (χ4n) is 7.47. The topological polar surface area (TPSA) is 28.0 Å². The van der Waals surface area contributed by atoms with E-state index in [1.165, 1.54) is 64.0 Å². The number of benzene rings is 7. The third kappa shape index (κ3) is 3.65. The maximum Gasteiger partial charge on any atom is 0.160 e. The second kappa shape index (κ2) is 9.71. The van der Waals surface area contributed by atoms with Crippen molar-refractivity contribution in [2.75, 3.05) is 7.05 Å². The number of nitrogens with zero attached hydrogens (tertiary/aromatic N) is 3. The van der Waals surface area contributed by atoms with Gasteiger partial charge in [-0.15, -0.1) is 11.3 Å². The van der Waals surface area contributed by atoms with Crippen LogP contribution in [0, 0.1) is 0 Å². The number of fused-ring (bicyclic) bond motifs is 8. The highest BCUT2D eigenvalue weighted by Crippen LogP contribution is 2.52. The van der Waals surface area contributed by atoms with E-state index in [-0.39, 0.29) is 6.17 Å². The van der Waals surface area contributed by atoms with E-state index in [1.807, 2.05) is 11.3 Å². The average Bonchev–Trinajstić information content (AvgIpc) is 3.66. The van der Waals surface area contributed by atoms with Crippen LogP contribution in [0.25, 0.3) is 64.0 Å². The number of thiophene rings is 1. The van der Waals surface area contributed by atoms with Crippen molar-refractivity contribution in [2.24, 2.45) is 9.98 Å². The Balaban J connectivity index is 1.21.